The van der Waals surface area contributed by atoms with E-state index in [9.17, 15) is 10.2 Å². The summed E-state index contributed by atoms with van der Waals surface area (Å²) in [4.78, 5) is 2.35. The molecule has 0 aromatic heterocycles. The van der Waals surface area contributed by atoms with Gasteiger partial charge < -0.3 is 10.2 Å². The Morgan fingerprint density at radius 1 is 1.15 bits per heavy atom. The van der Waals surface area contributed by atoms with E-state index in [4.69, 9.17) is 0 Å². The lowest BCUT2D eigenvalue weighted by molar-refractivity contribution is -0.00714. The molecule has 1 fully saturated rings. The fraction of sp³-hybridized carbons (Fsp3) is 0.765. The van der Waals surface area contributed by atoms with Gasteiger partial charge >= 0.3 is 0 Å². The van der Waals surface area contributed by atoms with Gasteiger partial charge in [-0.15, -0.1) is 0 Å². The van der Waals surface area contributed by atoms with Crippen LogP contribution in [0.2, 0.25) is 0 Å². The SMILES string of the molecule is CC(C)=CCC/C(C)=C/CN1CCCC(CO)(CO)C1. The highest BCUT2D eigenvalue weighted by molar-refractivity contribution is 5.03. The molecule has 116 valence electrons. The Hall–Kier alpha value is -0.640. The van der Waals surface area contributed by atoms with E-state index in [1.165, 1.54) is 11.1 Å². The van der Waals surface area contributed by atoms with Gasteiger partial charge in [-0.3, -0.25) is 4.90 Å². The third-order valence-corrected chi connectivity index (χ3v) is 4.20. The minimum absolute atomic E-state index is 0.0866. The molecule has 1 heterocycles. The highest BCUT2D eigenvalue weighted by atomic mass is 16.3. The van der Waals surface area contributed by atoms with Crippen molar-refractivity contribution in [3.8, 4) is 0 Å². The fourth-order valence-electron chi connectivity index (χ4n) is 2.75. The van der Waals surface area contributed by atoms with Crippen LogP contribution in [0.5, 0.6) is 0 Å². The van der Waals surface area contributed by atoms with E-state index in [1.54, 1.807) is 0 Å². The van der Waals surface area contributed by atoms with E-state index in [0.717, 1.165) is 45.3 Å². The molecule has 0 unspecified atom stereocenters. The average molecular weight is 281 g/mol. The van der Waals surface area contributed by atoms with Crippen molar-refractivity contribution in [1.29, 1.82) is 0 Å². The molecule has 0 atom stereocenters. The van der Waals surface area contributed by atoms with Gasteiger partial charge in [-0.1, -0.05) is 23.3 Å². The Morgan fingerprint density at radius 2 is 1.85 bits per heavy atom. The number of allylic oxidation sites excluding steroid dienone is 3. The predicted molar refractivity (Wildman–Crippen MR) is 84.7 cm³/mol. The molecule has 0 aromatic carbocycles. The summed E-state index contributed by atoms with van der Waals surface area (Å²) >= 11 is 0. The molecule has 0 aliphatic carbocycles. The van der Waals surface area contributed by atoms with Gasteiger partial charge in [0, 0.05) is 18.5 Å². The van der Waals surface area contributed by atoms with E-state index in [2.05, 4.69) is 37.8 Å². The van der Waals surface area contributed by atoms with E-state index in [0.29, 0.717) is 0 Å². The number of likely N-dealkylation sites (tertiary alicyclic amines) is 1. The van der Waals surface area contributed by atoms with Crippen molar-refractivity contribution in [1.82, 2.24) is 4.90 Å². The predicted octanol–water partition coefficient (Wildman–Crippen LogP) is 2.75. The summed E-state index contributed by atoms with van der Waals surface area (Å²) in [5.41, 5.74) is 2.51. The van der Waals surface area contributed by atoms with E-state index < -0.39 is 0 Å². The Morgan fingerprint density at radius 3 is 2.45 bits per heavy atom. The van der Waals surface area contributed by atoms with Crippen LogP contribution in [0, 0.1) is 5.41 Å². The molecule has 3 heteroatoms. The molecule has 20 heavy (non-hydrogen) atoms. The van der Waals surface area contributed by atoms with Crippen LogP contribution in [0.15, 0.2) is 23.3 Å². The van der Waals surface area contributed by atoms with Gasteiger partial charge in [0.05, 0.1) is 13.2 Å². The van der Waals surface area contributed by atoms with Crippen molar-refractivity contribution >= 4 is 0 Å². The zero-order valence-corrected chi connectivity index (χ0v) is 13.4. The van der Waals surface area contributed by atoms with Gasteiger partial charge in [-0.25, -0.2) is 0 Å². The maximum absolute atomic E-state index is 9.50. The summed E-state index contributed by atoms with van der Waals surface area (Å²) in [6, 6.07) is 0. The molecule has 2 N–H and O–H groups in total. The number of hydrogen-bond acceptors (Lipinski definition) is 3. The second-order valence-electron chi connectivity index (χ2n) is 6.53. The van der Waals surface area contributed by atoms with Crippen LogP contribution in [-0.4, -0.2) is 48.0 Å². The Bertz CT molecular complexity index is 339. The Balaban J connectivity index is 2.42. The monoisotopic (exact) mass is 281 g/mol. The Labute approximate surface area is 124 Å². The van der Waals surface area contributed by atoms with Gasteiger partial charge in [0.25, 0.3) is 0 Å². The Kier molecular flexibility index (Phi) is 7.49. The lowest BCUT2D eigenvalue weighted by Gasteiger charge is -2.40. The van der Waals surface area contributed by atoms with Crippen LogP contribution in [0.3, 0.4) is 0 Å². The molecule has 1 aliphatic rings. The van der Waals surface area contributed by atoms with Crippen LogP contribution in [0.1, 0.15) is 46.5 Å². The first-order valence-corrected chi connectivity index (χ1v) is 7.74. The third kappa shape index (κ3) is 5.78. The highest BCUT2D eigenvalue weighted by Gasteiger charge is 2.33. The average Bonchev–Trinajstić information content (AvgIpc) is 2.45. The lowest BCUT2D eigenvalue weighted by Crippen LogP contribution is -2.47. The van der Waals surface area contributed by atoms with Crippen molar-refractivity contribution in [2.45, 2.75) is 46.5 Å². The van der Waals surface area contributed by atoms with Crippen molar-refractivity contribution in [2.24, 2.45) is 5.41 Å². The minimum atomic E-state index is -0.290. The molecule has 0 saturated carbocycles. The minimum Gasteiger partial charge on any atom is -0.396 e. The van der Waals surface area contributed by atoms with Crippen molar-refractivity contribution in [2.75, 3.05) is 32.8 Å². The molecule has 3 nitrogen and oxygen atoms in total. The largest absolute Gasteiger partial charge is 0.396 e. The van der Waals surface area contributed by atoms with Crippen molar-refractivity contribution in [3.05, 3.63) is 23.3 Å². The smallest absolute Gasteiger partial charge is 0.0521 e. The van der Waals surface area contributed by atoms with E-state index in [-0.39, 0.29) is 18.6 Å². The van der Waals surface area contributed by atoms with E-state index >= 15 is 0 Å². The summed E-state index contributed by atoms with van der Waals surface area (Å²) < 4.78 is 0. The number of nitrogens with zero attached hydrogens (tertiary/aromatic N) is 1. The number of aliphatic hydroxyl groups is 2. The molecule has 0 spiro atoms. The van der Waals surface area contributed by atoms with Crippen molar-refractivity contribution < 1.29 is 10.2 Å². The quantitative estimate of drug-likeness (QED) is 0.705. The summed E-state index contributed by atoms with van der Waals surface area (Å²) in [6.45, 7) is 9.44. The lowest BCUT2D eigenvalue weighted by atomic mass is 9.81. The number of rotatable bonds is 7. The maximum Gasteiger partial charge on any atom is 0.0521 e. The van der Waals surface area contributed by atoms with E-state index in [1.807, 2.05) is 0 Å². The molecule has 0 aromatic rings. The summed E-state index contributed by atoms with van der Waals surface area (Å²) in [7, 11) is 0. The number of piperidine rings is 1. The fourth-order valence-corrected chi connectivity index (χ4v) is 2.75. The third-order valence-electron chi connectivity index (χ3n) is 4.20. The molecular formula is C17H31NO2. The van der Waals surface area contributed by atoms with Crippen LogP contribution in [0.25, 0.3) is 0 Å². The molecule has 1 aliphatic heterocycles. The van der Waals surface area contributed by atoms with Crippen LogP contribution in [0.4, 0.5) is 0 Å². The van der Waals surface area contributed by atoms with Gasteiger partial charge in [0.15, 0.2) is 0 Å². The first-order chi connectivity index (χ1) is 9.51. The van der Waals surface area contributed by atoms with Gasteiger partial charge in [-0.05, 0) is 53.0 Å². The molecular weight excluding hydrogens is 250 g/mol. The maximum atomic E-state index is 9.50. The summed E-state index contributed by atoms with van der Waals surface area (Å²) in [6.07, 6.45) is 8.79. The van der Waals surface area contributed by atoms with Crippen molar-refractivity contribution in [3.63, 3.8) is 0 Å². The zero-order chi connectivity index (χ0) is 15.0. The van der Waals surface area contributed by atoms with Gasteiger partial charge in [0.2, 0.25) is 0 Å². The summed E-state index contributed by atoms with van der Waals surface area (Å²) in [5, 5.41) is 19.0. The first-order valence-electron chi connectivity index (χ1n) is 7.74. The second kappa shape index (κ2) is 8.60. The molecule has 0 amide bonds. The normalized spacial score (nSPS) is 19.9. The topological polar surface area (TPSA) is 43.7 Å². The summed E-state index contributed by atoms with van der Waals surface area (Å²) in [5.74, 6) is 0. The molecule has 1 saturated heterocycles. The standard InChI is InChI=1S/C17H31NO2/c1-15(2)6-4-7-16(3)8-11-18-10-5-9-17(12-18,13-19)14-20/h6,8,19-20H,4-5,7,9-14H2,1-3H3/b16-8+. The molecule has 1 rings (SSSR count). The van der Waals surface area contributed by atoms with Crippen LogP contribution in [-0.2, 0) is 0 Å². The number of aliphatic hydroxyl groups excluding tert-OH is 2. The molecule has 0 radical (unpaired) electrons. The zero-order valence-electron chi connectivity index (χ0n) is 13.4. The molecule has 0 bridgehead atoms. The number of hydrogen-bond donors (Lipinski definition) is 2. The van der Waals surface area contributed by atoms with Crippen LogP contribution < -0.4 is 0 Å². The second-order valence-corrected chi connectivity index (χ2v) is 6.53. The first kappa shape index (κ1) is 17.4. The highest BCUT2D eigenvalue weighted by Crippen LogP contribution is 2.28. The van der Waals surface area contributed by atoms with Gasteiger partial charge in [-0.2, -0.15) is 0 Å². The van der Waals surface area contributed by atoms with Crippen LogP contribution >= 0.6 is 0 Å². The van der Waals surface area contributed by atoms with Gasteiger partial charge in [0.1, 0.15) is 0 Å².